The number of nitrogens with one attached hydrogen (secondary N) is 1. The van der Waals surface area contributed by atoms with Gasteiger partial charge in [0.05, 0.1) is 12.8 Å². The number of carbonyl (C=O) groups is 2. The Morgan fingerprint density at radius 1 is 1.06 bits per heavy atom. The Balaban J connectivity index is 1.72. The Morgan fingerprint density at radius 3 is 2.42 bits per heavy atom. The summed E-state index contributed by atoms with van der Waals surface area (Å²) in [5, 5.41) is 2.65. The molecule has 3 rings (SSSR count). The number of nitrogens with zero attached hydrogens (tertiary/aromatic N) is 1. The number of hydrogen-bond donors (Lipinski definition) is 1. The molecule has 0 bridgehead atoms. The van der Waals surface area contributed by atoms with Crippen LogP contribution in [-0.4, -0.2) is 51.2 Å². The maximum absolute atomic E-state index is 13.3. The molecule has 33 heavy (non-hydrogen) atoms. The quantitative estimate of drug-likeness (QED) is 0.554. The summed E-state index contributed by atoms with van der Waals surface area (Å²) in [7, 11) is -0.738. The molecule has 0 aliphatic heterocycles. The van der Waals surface area contributed by atoms with Crippen molar-refractivity contribution in [3.05, 3.63) is 48.0 Å². The van der Waals surface area contributed by atoms with Crippen LogP contribution in [0.15, 0.2) is 47.4 Å². The fraction of sp³-hybridized carbons (Fsp3) is 0.417. The summed E-state index contributed by atoms with van der Waals surface area (Å²) in [6.07, 6.45) is 4.82. The zero-order valence-electron chi connectivity index (χ0n) is 19.2. The second-order valence-electron chi connectivity index (χ2n) is 8.07. The number of anilines is 1. The van der Waals surface area contributed by atoms with E-state index in [1.807, 2.05) is 0 Å². The van der Waals surface area contributed by atoms with Crippen LogP contribution in [0.1, 0.15) is 49.4 Å². The summed E-state index contributed by atoms with van der Waals surface area (Å²) in [5.41, 5.74) is 0.664. The highest BCUT2D eigenvalue weighted by Crippen LogP contribution is 2.30. The molecule has 0 saturated heterocycles. The van der Waals surface area contributed by atoms with E-state index in [0.717, 1.165) is 32.1 Å². The number of amides is 1. The third-order valence-corrected chi connectivity index (χ3v) is 7.80. The molecule has 9 heteroatoms. The van der Waals surface area contributed by atoms with Crippen LogP contribution >= 0.6 is 0 Å². The number of para-hydroxylation sites is 1. The Morgan fingerprint density at radius 2 is 1.76 bits per heavy atom. The molecule has 1 amide bonds. The molecule has 0 radical (unpaired) electrons. The molecular weight excluding hydrogens is 444 g/mol. The van der Waals surface area contributed by atoms with E-state index in [1.165, 1.54) is 24.4 Å². The van der Waals surface area contributed by atoms with Gasteiger partial charge >= 0.3 is 0 Å². The maximum Gasteiger partial charge on any atom is 0.262 e. The summed E-state index contributed by atoms with van der Waals surface area (Å²) in [4.78, 5) is 24.2. The SMILES string of the molecule is COc1cc(C(C)=O)ccc1OCC(=O)Nc1ccccc1S(=O)(=O)N(C)C1CCCCC1. The minimum absolute atomic E-state index is 0.0405. The molecule has 1 N–H and O–H groups in total. The van der Waals surface area contributed by atoms with E-state index in [1.54, 1.807) is 43.4 Å². The predicted molar refractivity (Wildman–Crippen MR) is 125 cm³/mol. The van der Waals surface area contributed by atoms with Gasteiger partial charge in [0.25, 0.3) is 5.91 Å². The van der Waals surface area contributed by atoms with E-state index in [4.69, 9.17) is 9.47 Å². The number of hydrogen-bond acceptors (Lipinski definition) is 6. The van der Waals surface area contributed by atoms with Crippen LogP contribution in [0.2, 0.25) is 0 Å². The summed E-state index contributed by atoms with van der Waals surface area (Å²) in [6, 6.07) is 11.0. The molecule has 1 fully saturated rings. The Hall–Kier alpha value is -2.91. The van der Waals surface area contributed by atoms with E-state index in [2.05, 4.69) is 5.32 Å². The molecule has 1 saturated carbocycles. The number of ether oxygens (including phenoxy) is 2. The van der Waals surface area contributed by atoms with Crippen LogP contribution in [-0.2, 0) is 14.8 Å². The lowest BCUT2D eigenvalue weighted by atomic mass is 9.96. The van der Waals surface area contributed by atoms with Gasteiger partial charge in [0.2, 0.25) is 10.0 Å². The third kappa shape index (κ3) is 5.91. The molecule has 0 spiro atoms. The van der Waals surface area contributed by atoms with Crippen molar-refractivity contribution in [1.82, 2.24) is 4.31 Å². The van der Waals surface area contributed by atoms with Gasteiger partial charge in [-0.25, -0.2) is 8.42 Å². The number of Topliss-reactive ketones (excluding diaryl/α,β-unsaturated/α-hetero) is 1. The minimum Gasteiger partial charge on any atom is -0.493 e. The molecule has 8 nitrogen and oxygen atoms in total. The van der Waals surface area contributed by atoms with Crippen molar-refractivity contribution in [2.24, 2.45) is 0 Å². The summed E-state index contributed by atoms with van der Waals surface area (Å²) in [5.74, 6) is -0.00700. The first kappa shape index (κ1) is 24.7. The number of methoxy groups -OCH3 is 1. The van der Waals surface area contributed by atoms with E-state index in [-0.39, 0.29) is 29.0 Å². The van der Waals surface area contributed by atoms with Crippen LogP contribution in [0.5, 0.6) is 11.5 Å². The lowest BCUT2D eigenvalue weighted by Crippen LogP contribution is -2.38. The number of benzene rings is 2. The average molecular weight is 475 g/mol. The van der Waals surface area contributed by atoms with Crippen LogP contribution in [0, 0.1) is 0 Å². The van der Waals surface area contributed by atoms with Crippen LogP contribution < -0.4 is 14.8 Å². The molecule has 178 valence electrons. The third-order valence-electron chi connectivity index (χ3n) is 5.84. The van der Waals surface area contributed by atoms with Crippen molar-refractivity contribution in [2.45, 2.75) is 50.0 Å². The molecule has 2 aromatic carbocycles. The standard InChI is InChI=1S/C24H30N2O6S/c1-17(27)18-13-14-21(22(15-18)31-3)32-16-24(28)25-20-11-7-8-12-23(20)33(29,30)26(2)19-9-5-4-6-10-19/h7-8,11-15,19H,4-6,9-10,16H2,1-3H3,(H,25,28). The Bertz CT molecular complexity index is 1110. The number of carbonyl (C=O) groups excluding carboxylic acids is 2. The van der Waals surface area contributed by atoms with E-state index in [0.29, 0.717) is 17.1 Å². The second kappa shape index (κ2) is 10.8. The number of ketones is 1. The largest absolute Gasteiger partial charge is 0.493 e. The molecular formula is C24H30N2O6S. The van der Waals surface area contributed by atoms with Crippen LogP contribution in [0.25, 0.3) is 0 Å². The molecule has 0 heterocycles. The van der Waals surface area contributed by atoms with Crippen LogP contribution in [0.3, 0.4) is 0 Å². The summed E-state index contributed by atoms with van der Waals surface area (Å²) in [6.45, 7) is 1.09. The fourth-order valence-corrected chi connectivity index (χ4v) is 5.49. The molecule has 1 aliphatic rings. The van der Waals surface area contributed by atoms with Gasteiger partial charge in [-0.05, 0) is 50.1 Å². The second-order valence-corrected chi connectivity index (χ2v) is 10.0. The van der Waals surface area contributed by atoms with Gasteiger partial charge in [-0.2, -0.15) is 4.31 Å². The summed E-state index contributed by atoms with van der Waals surface area (Å²) >= 11 is 0. The lowest BCUT2D eigenvalue weighted by molar-refractivity contribution is -0.118. The number of rotatable bonds is 9. The van der Waals surface area contributed by atoms with E-state index < -0.39 is 15.9 Å². The fourth-order valence-electron chi connectivity index (χ4n) is 3.93. The smallest absolute Gasteiger partial charge is 0.262 e. The topological polar surface area (TPSA) is 102 Å². The van der Waals surface area contributed by atoms with Crippen LogP contribution in [0.4, 0.5) is 5.69 Å². The molecule has 0 aromatic heterocycles. The highest BCUT2D eigenvalue weighted by molar-refractivity contribution is 7.89. The van der Waals surface area contributed by atoms with Gasteiger partial charge in [-0.3, -0.25) is 9.59 Å². The highest BCUT2D eigenvalue weighted by atomic mass is 32.2. The van der Waals surface area contributed by atoms with Gasteiger partial charge in [-0.1, -0.05) is 31.4 Å². The van der Waals surface area contributed by atoms with Crippen molar-refractivity contribution in [1.29, 1.82) is 0 Å². The normalized spacial score (nSPS) is 14.7. The predicted octanol–water partition coefficient (Wildman–Crippen LogP) is 3.87. The zero-order chi connectivity index (χ0) is 24.0. The first-order chi connectivity index (χ1) is 15.7. The van der Waals surface area contributed by atoms with Crippen molar-refractivity contribution >= 4 is 27.4 Å². The van der Waals surface area contributed by atoms with Gasteiger partial charge < -0.3 is 14.8 Å². The summed E-state index contributed by atoms with van der Waals surface area (Å²) < 4.78 is 38.8. The zero-order valence-corrected chi connectivity index (χ0v) is 20.0. The monoisotopic (exact) mass is 474 g/mol. The van der Waals surface area contributed by atoms with Crippen molar-refractivity contribution in [3.8, 4) is 11.5 Å². The Labute approximate surface area is 194 Å². The van der Waals surface area contributed by atoms with Crippen molar-refractivity contribution in [2.75, 3.05) is 26.1 Å². The molecule has 1 aliphatic carbocycles. The maximum atomic E-state index is 13.3. The van der Waals surface area contributed by atoms with Gasteiger partial charge in [0, 0.05) is 18.7 Å². The molecule has 0 atom stereocenters. The van der Waals surface area contributed by atoms with E-state index >= 15 is 0 Å². The van der Waals surface area contributed by atoms with Gasteiger partial charge in [0.1, 0.15) is 4.90 Å². The average Bonchev–Trinajstić information content (AvgIpc) is 2.82. The number of sulfonamides is 1. The first-order valence-corrected chi connectivity index (χ1v) is 12.4. The minimum atomic E-state index is -3.78. The van der Waals surface area contributed by atoms with E-state index in [9.17, 15) is 18.0 Å². The molecule has 2 aromatic rings. The first-order valence-electron chi connectivity index (χ1n) is 10.9. The van der Waals surface area contributed by atoms with Crippen molar-refractivity contribution < 1.29 is 27.5 Å². The molecule has 0 unspecified atom stereocenters. The van der Waals surface area contributed by atoms with Gasteiger partial charge in [-0.15, -0.1) is 0 Å². The van der Waals surface area contributed by atoms with Gasteiger partial charge in [0.15, 0.2) is 23.9 Å². The van der Waals surface area contributed by atoms with Crippen molar-refractivity contribution in [3.63, 3.8) is 0 Å². The highest BCUT2D eigenvalue weighted by Gasteiger charge is 2.31. The lowest BCUT2D eigenvalue weighted by Gasteiger charge is -2.30. The Kier molecular flexibility index (Phi) is 8.10.